The summed E-state index contributed by atoms with van der Waals surface area (Å²) >= 11 is 0. The van der Waals surface area contributed by atoms with E-state index in [9.17, 15) is 46.0 Å². The number of hydrogen-bond acceptors (Lipinski definition) is 13. The Bertz CT molecular complexity index is 2890. The highest BCUT2D eigenvalue weighted by atomic mass is 16.6. The van der Waals surface area contributed by atoms with Gasteiger partial charge in [-0.1, -0.05) is 103 Å². The van der Waals surface area contributed by atoms with Crippen molar-refractivity contribution >= 4 is 17.6 Å². The van der Waals surface area contributed by atoms with Gasteiger partial charge in [-0.05, 0) is 132 Å². The number of nitrogens with one attached hydrogen (secondary N) is 1. The van der Waals surface area contributed by atoms with E-state index in [4.69, 9.17) is 9.47 Å². The van der Waals surface area contributed by atoms with Crippen molar-refractivity contribution in [2.24, 2.45) is 69.0 Å². The van der Waals surface area contributed by atoms with Crippen LogP contribution in [0.4, 0.5) is 0 Å². The molecule has 1 heterocycles. The molecule has 6 fully saturated rings. The minimum absolute atomic E-state index is 0.00844. The van der Waals surface area contributed by atoms with Crippen LogP contribution in [0, 0.1) is 69.0 Å². The molecule has 0 aromatic heterocycles. The smallest absolute Gasteiger partial charge is 0.160 e. The standard InChI is InChI=1S/C63H85NO12/c1-7-9-10-14-36-29-59(50-41(36)24-35-13-11-12-15-39(35)52(50)70)33-58(6)54-47(76-63(61(54,73)20-21-65)43-17-18-56(4,34(3)55(63)71)28-37(43)32-64-8-2)30-62(58,74)44-27-46(69)51-49-42-25-38(67)26-45(68)40(42)16-19-60(49,72)48(75-23-22-66)31-57(51,5)53(44)59/h11-13,15,24-28,34,36,41,43,47-51,53-55,64-68,70-74H,7-10,14,16-23,29-33H2,1-6H3. The fourth-order valence-corrected chi connectivity index (χ4v) is 20.9. The van der Waals surface area contributed by atoms with Crippen LogP contribution in [0.25, 0.3) is 11.8 Å². The molecule has 10 aliphatic carbocycles. The Kier molecular flexibility index (Phi) is 12.5. The molecule has 20 atom stereocenters. The molecule has 13 nitrogen and oxygen atoms in total. The molecule has 2 spiro atoms. The van der Waals surface area contributed by atoms with Gasteiger partial charge in [0.1, 0.15) is 28.5 Å². The highest BCUT2D eigenvalue weighted by molar-refractivity contribution is 5.96. The fraction of sp³-hybridized carbons (Fsp3) is 0.698. The number of carbonyl (C=O) groups is 1. The summed E-state index contributed by atoms with van der Waals surface area (Å²) in [6.45, 7) is 13.1. The number of allylic oxidation sites excluding steroid dienone is 2. The number of phenolic OH excluding ortho intramolecular Hbond substituents is 2. The Hall–Kier alpha value is -3.63. The van der Waals surface area contributed by atoms with Crippen LogP contribution in [0.3, 0.4) is 0 Å². The summed E-state index contributed by atoms with van der Waals surface area (Å²) in [6, 6.07) is 10.8. The summed E-state index contributed by atoms with van der Waals surface area (Å²) in [5.74, 6) is -5.12. The maximum atomic E-state index is 16.1. The molecule has 0 amide bonds. The predicted molar refractivity (Wildman–Crippen MR) is 286 cm³/mol. The Morgan fingerprint density at radius 2 is 1.70 bits per heavy atom. The monoisotopic (exact) mass is 1050 g/mol. The zero-order valence-corrected chi connectivity index (χ0v) is 45.6. The van der Waals surface area contributed by atoms with E-state index in [-0.39, 0.29) is 92.5 Å². The number of carbonyl (C=O) groups excluding carboxylic acids is 1. The molecular formula is C63H85NO12. The maximum absolute atomic E-state index is 16.1. The van der Waals surface area contributed by atoms with Gasteiger partial charge in [0, 0.05) is 72.3 Å². The summed E-state index contributed by atoms with van der Waals surface area (Å²) in [5, 5.41) is 119. The number of ketones is 1. The van der Waals surface area contributed by atoms with E-state index in [1.165, 1.54) is 6.07 Å². The van der Waals surface area contributed by atoms with Gasteiger partial charge in [-0.25, -0.2) is 0 Å². The lowest BCUT2D eigenvalue weighted by atomic mass is 9.35. The molecule has 11 aliphatic rings. The summed E-state index contributed by atoms with van der Waals surface area (Å²) in [6.07, 6.45) is 10.1. The van der Waals surface area contributed by atoms with Gasteiger partial charge in [0.25, 0.3) is 0 Å². The third-order valence-corrected chi connectivity index (χ3v) is 23.6. The quantitative estimate of drug-likeness (QED) is 0.0905. The Balaban J connectivity index is 1.12. The second kappa shape index (κ2) is 17.9. The molecule has 2 aromatic rings. The molecular weight excluding hydrogens is 963 g/mol. The molecule has 5 saturated carbocycles. The number of aliphatic hydroxyl groups is 7. The zero-order chi connectivity index (χ0) is 53.9. The van der Waals surface area contributed by atoms with Gasteiger partial charge in [-0.2, -0.15) is 0 Å². The third kappa shape index (κ3) is 6.67. The molecule has 2 bridgehead atoms. The minimum atomic E-state index is -1.89. The van der Waals surface area contributed by atoms with Crippen molar-refractivity contribution in [3.05, 3.63) is 81.3 Å². The largest absolute Gasteiger partial charge is 0.511 e. The van der Waals surface area contributed by atoms with Crippen molar-refractivity contribution < 1.29 is 60.2 Å². The maximum Gasteiger partial charge on any atom is 0.160 e. The normalized spacial score (nSPS) is 47.2. The molecule has 1 aliphatic heterocycles. The van der Waals surface area contributed by atoms with E-state index < -0.39 is 104 Å². The lowest BCUT2D eigenvalue weighted by Crippen LogP contribution is -2.73. The summed E-state index contributed by atoms with van der Waals surface area (Å²) in [4.78, 5) is 16.1. The fourth-order valence-electron chi connectivity index (χ4n) is 20.9. The Morgan fingerprint density at radius 3 is 2.43 bits per heavy atom. The third-order valence-electron chi connectivity index (χ3n) is 23.6. The number of benzene rings is 2. The van der Waals surface area contributed by atoms with Crippen LogP contribution >= 0.6 is 0 Å². The van der Waals surface area contributed by atoms with E-state index in [2.05, 4.69) is 65.1 Å². The zero-order valence-electron chi connectivity index (χ0n) is 45.6. The van der Waals surface area contributed by atoms with Crippen molar-refractivity contribution in [3.63, 3.8) is 0 Å². The Morgan fingerprint density at radius 1 is 0.921 bits per heavy atom. The van der Waals surface area contributed by atoms with Crippen molar-refractivity contribution in [1.82, 2.24) is 5.32 Å². The highest BCUT2D eigenvalue weighted by Gasteiger charge is 2.85. The van der Waals surface area contributed by atoms with Crippen molar-refractivity contribution in [2.45, 2.75) is 172 Å². The highest BCUT2D eigenvalue weighted by Crippen LogP contribution is 2.82. The van der Waals surface area contributed by atoms with E-state index in [1.54, 1.807) is 12.1 Å². The number of hydrogen-bond donors (Lipinski definition) is 10. The average molecular weight is 1050 g/mol. The topological polar surface area (TPSA) is 230 Å². The van der Waals surface area contributed by atoms with Crippen molar-refractivity contribution in [1.29, 1.82) is 0 Å². The minimum Gasteiger partial charge on any atom is -0.511 e. The van der Waals surface area contributed by atoms with Crippen LogP contribution in [0.1, 0.15) is 136 Å². The van der Waals surface area contributed by atoms with Crippen molar-refractivity contribution in [2.75, 3.05) is 32.9 Å². The average Bonchev–Trinajstić information content (AvgIpc) is 2.96. The second-order valence-electron chi connectivity index (χ2n) is 26.9. The molecule has 414 valence electrons. The predicted octanol–water partition coefficient (Wildman–Crippen LogP) is 5.74. The molecule has 13 heteroatoms. The number of ether oxygens (including phenoxy) is 2. The molecule has 0 radical (unpaired) electrons. The van der Waals surface area contributed by atoms with Gasteiger partial charge in [0.15, 0.2) is 5.78 Å². The summed E-state index contributed by atoms with van der Waals surface area (Å²) in [7, 11) is 0. The molecule has 2 aromatic carbocycles. The van der Waals surface area contributed by atoms with Crippen LogP contribution in [0.15, 0.2) is 59.7 Å². The second-order valence-corrected chi connectivity index (χ2v) is 26.9. The van der Waals surface area contributed by atoms with Crippen LogP contribution in [0.5, 0.6) is 11.5 Å². The number of phenols is 2. The van der Waals surface area contributed by atoms with E-state index in [0.717, 1.165) is 54.7 Å². The molecule has 20 unspecified atom stereocenters. The molecule has 13 rings (SSSR count). The number of rotatable bonds is 12. The number of unbranched alkanes of at least 4 members (excludes halogenated alkanes) is 2. The van der Waals surface area contributed by atoms with Gasteiger partial charge < -0.3 is 60.7 Å². The van der Waals surface area contributed by atoms with E-state index >= 15 is 4.79 Å². The van der Waals surface area contributed by atoms with Crippen molar-refractivity contribution in [3.8, 4) is 11.5 Å². The van der Waals surface area contributed by atoms with E-state index in [0.29, 0.717) is 36.1 Å². The summed E-state index contributed by atoms with van der Waals surface area (Å²) in [5.41, 5.74) is -8.03. The number of aliphatic hydroxyl groups excluding tert-OH is 4. The van der Waals surface area contributed by atoms with Crippen LogP contribution in [-0.4, -0.2) is 125 Å². The first kappa shape index (κ1) is 53.0. The van der Waals surface area contributed by atoms with Crippen LogP contribution < -0.4 is 15.8 Å². The lowest BCUT2D eigenvalue weighted by Gasteiger charge is -2.70. The van der Waals surface area contributed by atoms with Crippen LogP contribution in [0.2, 0.25) is 0 Å². The first-order valence-electron chi connectivity index (χ1n) is 29.2. The first-order valence-corrected chi connectivity index (χ1v) is 29.2. The summed E-state index contributed by atoms with van der Waals surface area (Å²) < 4.78 is 14.3. The van der Waals surface area contributed by atoms with Crippen LogP contribution in [-0.2, 0) is 20.7 Å². The first-order chi connectivity index (χ1) is 36.1. The van der Waals surface area contributed by atoms with Gasteiger partial charge in [0.2, 0.25) is 0 Å². The number of fused-ring (bicyclic) bond motifs is 17. The number of likely N-dealkylation sites (N-methyl/N-ethyl adjacent to an activating group) is 1. The molecule has 1 saturated heterocycles. The van der Waals surface area contributed by atoms with Gasteiger partial charge >= 0.3 is 0 Å². The molecule has 10 N–H and O–H groups in total. The number of aromatic hydroxyl groups is 2. The van der Waals surface area contributed by atoms with E-state index in [1.807, 2.05) is 18.2 Å². The Labute approximate surface area is 447 Å². The molecule has 76 heavy (non-hydrogen) atoms. The van der Waals surface area contributed by atoms with Gasteiger partial charge in [-0.3, -0.25) is 4.79 Å². The SMILES string of the molecule is CCCCCC1CC2(CC3(C)C4C(CC3(O)C3=CC(=O)C5C6c7cc(O)cc(O)c7CCC6(O)C(OCCO)CC5(C)C32)OC2(C3CCC(C)(C=C3CNCC)C(C)C2O)C4(O)CCO)C2C(O)=c3ccccc3=CC12. The van der Waals surface area contributed by atoms with Gasteiger partial charge in [-0.15, -0.1) is 0 Å². The lowest BCUT2D eigenvalue weighted by molar-refractivity contribution is -0.257. The van der Waals surface area contributed by atoms with Gasteiger partial charge in [0.05, 0.1) is 42.7 Å².